The molecule has 2 N–H and O–H groups in total. The maximum atomic E-state index is 11.9. The van der Waals surface area contributed by atoms with Crippen molar-refractivity contribution in [3.8, 4) is 0 Å². The molecule has 0 aromatic heterocycles. The maximum Gasteiger partial charge on any atom is 0.225 e. The van der Waals surface area contributed by atoms with Crippen LogP contribution in [0.1, 0.15) is 46.0 Å². The second-order valence-electron chi connectivity index (χ2n) is 5.41. The number of nitrogens with two attached hydrogens (primary N) is 1. The highest BCUT2D eigenvalue weighted by Crippen LogP contribution is 2.52. The second kappa shape index (κ2) is 5.52. The highest BCUT2D eigenvalue weighted by atomic mass is 16.2. The van der Waals surface area contributed by atoms with E-state index in [4.69, 9.17) is 4.79 Å². The van der Waals surface area contributed by atoms with Crippen LogP contribution in [0.15, 0.2) is 0 Å². The lowest BCUT2D eigenvalue weighted by Gasteiger charge is -2.17. The van der Waals surface area contributed by atoms with Crippen LogP contribution in [0.2, 0.25) is 0 Å². The number of hydrogen-bond acceptors (Lipinski definition) is 2. The average Bonchev–Trinajstić information content (AvgIpc) is 3.04. The number of primary amides is 1. The lowest BCUT2D eigenvalue weighted by Crippen LogP contribution is -2.31. The first-order valence-corrected chi connectivity index (χ1v) is 6.43. The zero-order valence-corrected chi connectivity index (χ0v) is 11.1. The zero-order valence-electron chi connectivity index (χ0n) is 11.1. The fraction of sp³-hybridized carbons (Fsp3) is 0.846. The Bertz CT molecular complexity index is 287. The van der Waals surface area contributed by atoms with Crippen LogP contribution in [-0.4, -0.2) is 29.8 Å². The number of amides is 2. The molecule has 2 fully saturated rings. The number of nitrogens with zero attached hydrogens (tertiary/aromatic N) is 1. The number of carbonyl (C=O) groups excluding carboxylic acids is 2. The van der Waals surface area contributed by atoms with Crippen LogP contribution < -0.4 is 5.73 Å². The normalized spacial score (nSPS) is 26.4. The van der Waals surface area contributed by atoms with E-state index in [1.54, 1.807) is 0 Å². The summed E-state index contributed by atoms with van der Waals surface area (Å²) >= 11 is 0. The van der Waals surface area contributed by atoms with Gasteiger partial charge in [0.25, 0.3) is 0 Å². The van der Waals surface area contributed by atoms with Crippen LogP contribution in [0.4, 0.5) is 0 Å². The van der Waals surface area contributed by atoms with E-state index in [1.165, 1.54) is 19.3 Å². The van der Waals surface area contributed by atoms with E-state index in [-0.39, 0.29) is 6.41 Å². The Balaban J connectivity index is 0.000000437. The Morgan fingerprint density at radius 1 is 1.59 bits per heavy atom. The molecule has 4 heteroatoms. The van der Waals surface area contributed by atoms with Crippen LogP contribution >= 0.6 is 0 Å². The van der Waals surface area contributed by atoms with Crippen LogP contribution in [0.25, 0.3) is 0 Å². The van der Waals surface area contributed by atoms with Crippen molar-refractivity contribution in [3.63, 3.8) is 0 Å². The fourth-order valence-electron chi connectivity index (χ4n) is 2.71. The minimum absolute atomic E-state index is 0.250. The van der Waals surface area contributed by atoms with Crippen molar-refractivity contribution in [1.82, 2.24) is 4.90 Å². The quantitative estimate of drug-likeness (QED) is 0.760. The molecule has 1 saturated carbocycles. The number of carbonyl (C=O) groups is 2. The zero-order chi connectivity index (χ0) is 13.1. The van der Waals surface area contributed by atoms with Gasteiger partial charge in [-0.05, 0) is 31.6 Å². The molecule has 2 unspecified atom stereocenters. The molecule has 1 aliphatic carbocycles. The molecule has 17 heavy (non-hydrogen) atoms. The van der Waals surface area contributed by atoms with Crippen molar-refractivity contribution >= 4 is 12.3 Å². The summed E-state index contributed by atoms with van der Waals surface area (Å²) in [5, 5.41) is 0. The van der Waals surface area contributed by atoms with E-state index in [9.17, 15) is 4.79 Å². The highest BCUT2D eigenvalue weighted by Gasteiger charge is 2.56. The Hall–Kier alpha value is -1.06. The van der Waals surface area contributed by atoms with Crippen molar-refractivity contribution in [3.05, 3.63) is 0 Å². The first-order chi connectivity index (χ1) is 8.00. The SMILES string of the molecule is CCC(C)CC1CC2(CC2)N(C)C1=O.NC=O. The van der Waals surface area contributed by atoms with Crippen LogP contribution in [-0.2, 0) is 9.59 Å². The highest BCUT2D eigenvalue weighted by molar-refractivity contribution is 5.82. The van der Waals surface area contributed by atoms with Crippen molar-refractivity contribution < 1.29 is 9.59 Å². The van der Waals surface area contributed by atoms with Gasteiger partial charge >= 0.3 is 0 Å². The molecule has 2 rings (SSSR count). The number of rotatable bonds is 3. The lowest BCUT2D eigenvalue weighted by atomic mass is 9.91. The molecule has 2 amide bonds. The van der Waals surface area contributed by atoms with Gasteiger partial charge in [-0.1, -0.05) is 20.3 Å². The number of hydrogen-bond donors (Lipinski definition) is 1. The molecule has 0 aromatic rings. The molecule has 1 saturated heterocycles. The molecular formula is C13H24N2O2. The van der Waals surface area contributed by atoms with Gasteiger partial charge in [-0.3, -0.25) is 9.59 Å². The van der Waals surface area contributed by atoms with Gasteiger partial charge in [-0.15, -0.1) is 0 Å². The van der Waals surface area contributed by atoms with Gasteiger partial charge in [-0.2, -0.15) is 0 Å². The summed E-state index contributed by atoms with van der Waals surface area (Å²) in [7, 11) is 1.99. The van der Waals surface area contributed by atoms with Crippen LogP contribution in [0, 0.1) is 11.8 Å². The van der Waals surface area contributed by atoms with Gasteiger partial charge in [0.1, 0.15) is 0 Å². The monoisotopic (exact) mass is 240 g/mol. The first-order valence-electron chi connectivity index (χ1n) is 6.43. The molecule has 98 valence electrons. The lowest BCUT2D eigenvalue weighted by molar-refractivity contribution is -0.131. The van der Waals surface area contributed by atoms with Gasteiger partial charge in [0.05, 0.1) is 0 Å². The van der Waals surface area contributed by atoms with E-state index in [2.05, 4.69) is 19.6 Å². The summed E-state index contributed by atoms with van der Waals surface area (Å²) in [6, 6.07) is 0. The molecule has 4 nitrogen and oxygen atoms in total. The molecule has 1 spiro atoms. The smallest absolute Gasteiger partial charge is 0.225 e. The van der Waals surface area contributed by atoms with Crippen molar-refractivity contribution in [1.29, 1.82) is 0 Å². The van der Waals surface area contributed by atoms with Crippen molar-refractivity contribution in [2.45, 2.75) is 51.5 Å². The first kappa shape index (κ1) is 14.0. The molecule has 0 bridgehead atoms. The molecule has 0 radical (unpaired) electrons. The molecule has 1 aliphatic heterocycles. The summed E-state index contributed by atoms with van der Waals surface area (Å²) in [4.78, 5) is 22.5. The summed E-state index contributed by atoms with van der Waals surface area (Å²) in [5.41, 5.74) is 4.48. The van der Waals surface area contributed by atoms with Crippen LogP contribution in [0.5, 0.6) is 0 Å². The Kier molecular flexibility index (Phi) is 4.54. The van der Waals surface area contributed by atoms with Gasteiger partial charge < -0.3 is 10.6 Å². The molecule has 2 aliphatic rings. The number of likely N-dealkylation sites (tertiary alicyclic amines) is 1. The van der Waals surface area contributed by atoms with E-state index >= 15 is 0 Å². The van der Waals surface area contributed by atoms with Gasteiger partial charge in [-0.25, -0.2) is 0 Å². The predicted octanol–water partition coefficient (Wildman–Crippen LogP) is 1.53. The average molecular weight is 240 g/mol. The predicted molar refractivity (Wildman–Crippen MR) is 67.2 cm³/mol. The third kappa shape index (κ3) is 2.99. The fourth-order valence-corrected chi connectivity index (χ4v) is 2.71. The molecular weight excluding hydrogens is 216 g/mol. The minimum atomic E-state index is 0.250. The molecule has 0 aromatic carbocycles. The summed E-state index contributed by atoms with van der Waals surface area (Å²) in [6.45, 7) is 4.46. The van der Waals surface area contributed by atoms with E-state index in [0.717, 1.165) is 12.8 Å². The van der Waals surface area contributed by atoms with Gasteiger partial charge in [0.15, 0.2) is 0 Å². The van der Waals surface area contributed by atoms with Crippen molar-refractivity contribution in [2.24, 2.45) is 17.6 Å². The topological polar surface area (TPSA) is 63.4 Å². The third-order valence-electron chi connectivity index (χ3n) is 4.23. The largest absolute Gasteiger partial charge is 0.372 e. The second-order valence-corrected chi connectivity index (χ2v) is 5.41. The Morgan fingerprint density at radius 2 is 2.12 bits per heavy atom. The van der Waals surface area contributed by atoms with E-state index < -0.39 is 0 Å². The molecule has 1 heterocycles. The van der Waals surface area contributed by atoms with Crippen molar-refractivity contribution in [2.75, 3.05) is 7.05 Å². The summed E-state index contributed by atoms with van der Waals surface area (Å²) < 4.78 is 0. The molecule has 2 atom stereocenters. The summed E-state index contributed by atoms with van der Waals surface area (Å²) in [6.07, 6.45) is 6.16. The standard InChI is InChI=1S/C12H21NO.CH3NO/c1-4-9(2)7-10-8-12(5-6-12)13(3)11(10)14;2-1-3/h9-10H,4-8H2,1-3H3;1H,(H2,2,3). The van der Waals surface area contributed by atoms with E-state index in [0.29, 0.717) is 23.3 Å². The van der Waals surface area contributed by atoms with Gasteiger partial charge in [0.2, 0.25) is 12.3 Å². The maximum absolute atomic E-state index is 11.9. The van der Waals surface area contributed by atoms with Gasteiger partial charge in [0, 0.05) is 18.5 Å². The minimum Gasteiger partial charge on any atom is -0.372 e. The summed E-state index contributed by atoms with van der Waals surface area (Å²) in [5.74, 6) is 1.44. The Labute approximate surface area is 104 Å². The van der Waals surface area contributed by atoms with E-state index in [1.807, 2.05) is 11.9 Å². The Morgan fingerprint density at radius 3 is 2.47 bits per heavy atom. The third-order valence-corrected chi connectivity index (χ3v) is 4.23. The van der Waals surface area contributed by atoms with Crippen LogP contribution in [0.3, 0.4) is 0 Å².